The van der Waals surface area contributed by atoms with E-state index in [4.69, 9.17) is 23.2 Å². The number of fused-ring (bicyclic) bond motifs is 1. The lowest BCUT2D eigenvalue weighted by atomic mass is 10.2. The minimum atomic E-state index is 0.504. The summed E-state index contributed by atoms with van der Waals surface area (Å²) in [5.41, 5.74) is 3.63. The van der Waals surface area contributed by atoms with Crippen LogP contribution >= 0.6 is 39.1 Å². The molecule has 0 spiro atoms. The fourth-order valence-electron chi connectivity index (χ4n) is 2.23. The van der Waals surface area contributed by atoms with Gasteiger partial charge in [0, 0.05) is 28.0 Å². The first-order valence-corrected chi connectivity index (χ1v) is 8.16. The van der Waals surface area contributed by atoms with E-state index in [0.29, 0.717) is 12.3 Å². The summed E-state index contributed by atoms with van der Waals surface area (Å²) in [4.78, 5) is 9.11. The predicted octanol–water partition coefficient (Wildman–Crippen LogP) is 4.93. The van der Waals surface area contributed by atoms with Crippen molar-refractivity contribution in [1.29, 1.82) is 0 Å². The first kappa shape index (κ1) is 14.8. The topological polar surface area (TPSA) is 30.7 Å². The second-order valence-corrected chi connectivity index (χ2v) is 6.43. The largest absolute Gasteiger partial charge is 0.281 e. The molecule has 0 unspecified atom stereocenters. The Bertz CT molecular complexity index is 814. The number of nitrogens with zero attached hydrogens (tertiary/aromatic N) is 3. The molecule has 0 aliphatic rings. The van der Waals surface area contributed by atoms with Gasteiger partial charge in [0.25, 0.3) is 0 Å². The number of imidazole rings is 1. The van der Waals surface area contributed by atoms with Gasteiger partial charge in [0.2, 0.25) is 0 Å². The van der Waals surface area contributed by atoms with Gasteiger partial charge in [-0.15, -0.1) is 11.6 Å². The molecule has 0 bridgehead atoms. The number of halogens is 3. The molecule has 0 N–H and O–H groups in total. The smallest absolute Gasteiger partial charge is 0.164 e. The van der Waals surface area contributed by atoms with E-state index < -0.39 is 0 Å². The monoisotopic (exact) mass is 383 g/mol. The molecule has 0 saturated carbocycles. The van der Waals surface area contributed by atoms with E-state index in [1.54, 1.807) is 6.20 Å². The Labute approximate surface area is 141 Å². The van der Waals surface area contributed by atoms with Crippen molar-refractivity contribution in [3.8, 4) is 5.69 Å². The Hall–Kier alpha value is -1.10. The Balaban J connectivity index is 2.27. The van der Waals surface area contributed by atoms with Crippen molar-refractivity contribution in [3.63, 3.8) is 0 Å². The molecule has 3 nitrogen and oxygen atoms in total. The number of alkyl halides is 1. The summed E-state index contributed by atoms with van der Waals surface area (Å²) in [5.74, 6) is 1.38. The molecule has 21 heavy (non-hydrogen) atoms. The van der Waals surface area contributed by atoms with E-state index in [9.17, 15) is 0 Å². The fraction of sp³-hybridized carbons (Fsp3) is 0.200. The van der Waals surface area contributed by atoms with Crippen molar-refractivity contribution in [2.45, 2.75) is 13.3 Å². The number of hydrogen-bond acceptors (Lipinski definition) is 2. The standard InChI is InChI=1S/C15H12BrCl2N3/c1-9-2-3-11(7-12(9)18)21-14(4-5-17)20-13-6-10(16)8-19-15(13)21/h2-3,6-8H,4-5H2,1H3. The molecule has 108 valence electrons. The molecule has 2 heterocycles. The van der Waals surface area contributed by atoms with Crippen LogP contribution in [0.1, 0.15) is 11.4 Å². The molecule has 3 rings (SSSR count). The molecular weight excluding hydrogens is 373 g/mol. The van der Waals surface area contributed by atoms with Crippen LogP contribution in [0.3, 0.4) is 0 Å². The van der Waals surface area contributed by atoms with Crippen LogP contribution in [-0.4, -0.2) is 20.4 Å². The van der Waals surface area contributed by atoms with E-state index in [1.165, 1.54) is 0 Å². The van der Waals surface area contributed by atoms with E-state index >= 15 is 0 Å². The molecule has 3 aromatic rings. The maximum atomic E-state index is 6.25. The number of hydrogen-bond donors (Lipinski definition) is 0. The summed E-state index contributed by atoms with van der Waals surface area (Å²) < 4.78 is 2.91. The minimum Gasteiger partial charge on any atom is -0.281 e. The Morgan fingerprint density at radius 3 is 2.81 bits per heavy atom. The highest BCUT2D eigenvalue weighted by molar-refractivity contribution is 9.10. The summed E-state index contributed by atoms with van der Waals surface area (Å²) in [7, 11) is 0. The second-order valence-electron chi connectivity index (χ2n) is 4.73. The van der Waals surface area contributed by atoms with Gasteiger partial charge in [0.05, 0.1) is 5.69 Å². The van der Waals surface area contributed by atoms with Gasteiger partial charge in [-0.1, -0.05) is 17.7 Å². The third-order valence-corrected chi connectivity index (χ3v) is 4.29. The third-order valence-electron chi connectivity index (χ3n) is 3.27. The lowest BCUT2D eigenvalue weighted by Gasteiger charge is -2.09. The third kappa shape index (κ3) is 2.80. The van der Waals surface area contributed by atoms with Crippen molar-refractivity contribution in [2.24, 2.45) is 0 Å². The number of benzene rings is 1. The van der Waals surface area contributed by atoms with Gasteiger partial charge in [-0.05, 0) is 46.6 Å². The Morgan fingerprint density at radius 2 is 2.10 bits per heavy atom. The van der Waals surface area contributed by atoms with Crippen LogP contribution in [-0.2, 0) is 6.42 Å². The predicted molar refractivity (Wildman–Crippen MR) is 90.7 cm³/mol. The Kier molecular flexibility index (Phi) is 4.20. The van der Waals surface area contributed by atoms with Crippen molar-refractivity contribution in [1.82, 2.24) is 14.5 Å². The molecule has 0 atom stereocenters. The van der Waals surface area contributed by atoms with Crippen LogP contribution in [0.15, 0.2) is 34.9 Å². The first-order valence-electron chi connectivity index (χ1n) is 6.45. The van der Waals surface area contributed by atoms with Gasteiger partial charge >= 0.3 is 0 Å². The van der Waals surface area contributed by atoms with E-state index in [-0.39, 0.29) is 0 Å². The molecular formula is C15H12BrCl2N3. The minimum absolute atomic E-state index is 0.504. The quantitative estimate of drug-likeness (QED) is 0.599. The number of rotatable bonds is 3. The first-order chi connectivity index (χ1) is 10.1. The zero-order valence-electron chi connectivity index (χ0n) is 11.3. The van der Waals surface area contributed by atoms with E-state index in [1.807, 2.05) is 35.8 Å². The lowest BCUT2D eigenvalue weighted by Crippen LogP contribution is -2.03. The molecule has 0 amide bonds. The lowest BCUT2D eigenvalue weighted by molar-refractivity contribution is 0.905. The molecule has 0 aliphatic carbocycles. The highest BCUT2D eigenvalue weighted by Gasteiger charge is 2.14. The maximum absolute atomic E-state index is 6.25. The molecule has 6 heteroatoms. The van der Waals surface area contributed by atoms with Gasteiger partial charge in [-0.2, -0.15) is 0 Å². The van der Waals surface area contributed by atoms with Gasteiger partial charge in [-0.3, -0.25) is 4.57 Å². The summed E-state index contributed by atoms with van der Waals surface area (Å²) >= 11 is 15.6. The molecule has 2 aromatic heterocycles. The zero-order chi connectivity index (χ0) is 15.0. The second kappa shape index (κ2) is 5.95. The number of pyridine rings is 1. The van der Waals surface area contributed by atoms with Crippen LogP contribution in [0.25, 0.3) is 16.9 Å². The fourth-order valence-corrected chi connectivity index (χ4v) is 2.89. The normalized spacial score (nSPS) is 11.2. The van der Waals surface area contributed by atoms with Crippen LogP contribution in [0.5, 0.6) is 0 Å². The summed E-state index contributed by atoms with van der Waals surface area (Å²) in [6.07, 6.45) is 2.43. The number of aryl methyl sites for hydroxylation is 2. The molecule has 0 radical (unpaired) electrons. The van der Waals surface area contributed by atoms with Crippen molar-refractivity contribution < 1.29 is 0 Å². The van der Waals surface area contributed by atoms with Crippen molar-refractivity contribution in [2.75, 3.05) is 5.88 Å². The summed E-state index contributed by atoms with van der Waals surface area (Å²) in [5, 5.41) is 0.725. The van der Waals surface area contributed by atoms with E-state index in [0.717, 1.165) is 37.7 Å². The van der Waals surface area contributed by atoms with Gasteiger partial charge in [0.1, 0.15) is 11.3 Å². The van der Waals surface area contributed by atoms with Crippen molar-refractivity contribution >= 4 is 50.3 Å². The SMILES string of the molecule is Cc1ccc(-n2c(CCCl)nc3cc(Br)cnc32)cc1Cl. The van der Waals surface area contributed by atoms with Crippen LogP contribution in [0.2, 0.25) is 5.02 Å². The number of aromatic nitrogens is 3. The molecule has 0 aliphatic heterocycles. The van der Waals surface area contributed by atoms with E-state index in [2.05, 4.69) is 25.9 Å². The molecule has 0 fully saturated rings. The average molecular weight is 385 g/mol. The molecule has 1 aromatic carbocycles. The molecule has 0 saturated heterocycles. The van der Waals surface area contributed by atoms with Gasteiger partial charge in [0.15, 0.2) is 5.65 Å². The summed E-state index contributed by atoms with van der Waals surface area (Å²) in [6, 6.07) is 7.89. The maximum Gasteiger partial charge on any atom is 0.164 e. The van der Waals surface area contributed by atoms with Gasteiger partial charge in [-0.25, -0.2) is 9.97 Å². The van der Waals surface area contributed by atoms with Gasteiger partial charge < -0.3 is 0 Å². The van der Waals surface area contributed by atoms with Crippen LogP contribution in [0.4, 0.5) is 0 Å². The average Bonchev–Trinajstić information content (AvgIpc) is 2.79. The van der Waals surface area contributed by atoms with Crippen molar-refractivity contribution in [3.05, 3.63) is 51.3 Å². The summed E-state index contributed by atoms with van der Waals surface area (Å²) in [6.45, 7) is 1.98. The highest BCUT2D eigenvalue weighted by Crippen LogP contribution is 2.26. The van der Waals surface area contributed by atoms with Crippen LogP contribution in [0, 0.1) is 6.92 Å². The van der Waals surface area contributed by atoms with Crippen LogP contribution < -0.4 is 0 Å². The Morgan fingerprint density at radius 1 is 1.29 bits per heavy atom. The zero-order valence-corrected chi connectivity index (χ0v) is 14.4. The highest BCUT2D eigenvalue weighted by atomic mass is 79.9.